The molecule has 1 aromatic carbocycles. The standard InChI is InChI=1S/C14H19/c1-5-11(4)14-9-8-12(6-2)13(7-3)10-14/h5,8-10H,1,6-7H2,2-4H3. The van der Waals surface area contributed by atoms with Crippen LogP contribution in [0.2, 0.25) is 0 Å². The number of hydrogen-bond acceptors (Lipinski definition) is 0. The van der Waals surface area contributed by atoms with Crippen LogP contribution in [0.1, 0.15) is 37.5 Å². The molecule has 0 aliphatic rings. The molecule has 75 valence electrons. The van der Waals surface area contributed by atoms with E-state index in [1.54, 1.807) is 0 Å². The van der Waals surface area contributed by atoms with Crippen molar-refractivity contribution in [2.45, 2.75) is 33.6 Å². The molecule has 0 spiro atoms. The Morgan fingerprint density at radius 2 is 1.86 bits per heavy atom. The first-order valence-electron chi connectivity index (χ1n) is 5.31. The Labute approximate surface area is 87.7 Å². The van der Waals surface area contributed by atoms with Crippen LogP contribution in [0.3, 0.4) is 0 Å². The third-order valence-electron chi connectivity index (χ3n) is 2.73. The van der Waals surface area contributed by atoms with E-state index in [0.717, 1.165) is 12.8 Å². The number of allylic oxidation sites excluding steroid dienone is 1. The van der Waals surface area contributed by atoms with Gasteiger partial charge < -0.3 is 0 Å². The molecule has 0 aliphatic carbocycles. The summed E-state index contributed by atoms with van der Waals surface area (Å²) >= 11 is 0. The van der Waals surface area contributed by atoms with Gasteiger partial charge in [-0.1, -0.05) is 45.0 Å². The summed E-state index contributed by atoms with van der Waals surface area (Å²) in [5, 5.41) is 0. The topological polar surface area (TPSA) is 0 Å². The maximum Gasteiger partial charge on any atom is 0.0230 e. The zero-order valence-corrected chi connectivity index (χ0v) is 9.43. The van der Waals surface area contributed by atoms with Gasteiger partial charge in [0.1, 0.15) is 0 Å². The van der Waals surface area contributed by atoms with Crippen LogP contribution >= 0.6 is 0 Å². The minimum absolute atomic E-state index is 1.11. The molecule has 0 fully saturated rings. The highest BCUT2D eigenvalue weighted by molar-refractivity contribution is 5.41. The number of hydrogen-bond donors (Lipinski definition) is 0. The second kappa shape index (κ2) is 4.99. The molecule has 0 heteroatoms. The van der Waals surface area contributed by atoms with Crippen LogP contribution in [0, 0.1) is 5.92 Å². The quantitative estimate of drug-likeness (QED) is 0.669. The Balaban J connectivity index is 3.06. The van der Waals surface area contributed by atoms with Gasteiger partial charge in [0.25, 0.3) is 0 Å². The van der Waals surface area contributed by atoms with E-state index in [4.69, 9.17) is 0 Å². The second-order valence-electron chi connectivity index (χ2n) is 3.58. The first-order valence-corrected chi connectivity index (χ1v) is 5.31. The summed E-state index contributed by atoms with van der Waals surface area (Å²) in [6.45, 7) is 10.3. The van der Waals surface area contributed by atoms with Gasteiger partial charge in [-0.3, -0.25) is 0 Å². The maximum atomic E-state index is 3.80. The van der Waals surface area contributed by atoms with E-state index in [0.29, 0.717) is 0 Å². The minimum Gasteiger partial charge on any atom is -0.102 e. The fourth-order valence-corrected chi connectivity index (χ4v) is 1.66. The van der Waals surface area contributed by atoms with Crippen LogP contribution in [-0.2, 0) is 12.8 Å². The average Bonchev–Trinajstić information content (AvgIpc) is 2.26. The molecule has 0 nitrogen and oxygen atoms in total. The van der Waals surface area contributed by atoms with Crippen molar-refractivity contribution >= 4 is 0 Å². The van der Waals surface area contributed by atoms with E-state index in [9.17, 15) is 0 Å². The fourth-order valence-electron chi connectivity index (χ4n) is 1.66. The van der Waals surface area contributed by atoms with Gasteiger partial charge >= 0.3 is 0 Å². The zero-order chi connectivity index (χ0) is 10.6. The summed E-state index contributed by atoms with van der Waals surface area (Å²) in [7, 11) is 0. The average molecular weight is 187 g/mol. The highest BCUT2D eigenvalue weighted by atomic mass is 14.1. The first-order chi connectivity index (χ1) is 6.72. The lowest BCUT2D eigenvalue weighted by Gasteiger charge is -2.11. The fraction of sp³-hybridized carbons (Fsp3) is 0.357. The van der Waals surface area contributed by atoms with Crippen LogP contribution < -0.4 is 0 Å². The van der Waals surface area contributed by atoms with Crippen LogP contribution in [0.5, 0.6) is 0 Å². The number of aryl methyl sites for hydroxylation is 2. The van der Waals surface area contributed by atoms with Crippen LogP contribution in [0.4, 0.5) is 0 Å². The summed E-state index contributed by atoms with van der Waals surface area (Å²) in [5.74, 6) is 1.25. The molecule has 0 aliphatic heterocycles. The van der Waals surface area contributed by atoms with Gasteiger partial charge in [0.2, 0.25) is 0 Å². The molecule has 1 aromatic rings. The Morgan fingerprint density at radius 1 is 1.21 bits per heavy atom. The predicted molar refractivity (Wildman–Crippen MR) is 63.4 cm³/mol. The van der Waals surface area contributed by atoms with Gasteiger partial charge in [0.05, 0.1) is 0 Å². The molecule has 14 heavy (non-hydrogen) atoms. The largest absolute Gasteiger partial charge is 0.102 e. The van der Waals surface area contributed by atoms with E-state index < -0.39 is 0 Å². The third-order valence-corrected chi connectivity index (χ3v) is 2.73. The lowest BCUT2D eigenvalue weighted by Crippen LogP contribution is -1.96. The van der Waals surface area contributed by atoms with Gasteiger partial charge in [-0.25, -0.2) is 0 Å². The third kappa shape index (κ3) is 2.25. The summed E-state index contributed by atoms with van der Waals surface area (Å²) in [5.41, 5.74) is 4.23. The van der Waals surface area contributed by atoms with Crippen molar-refractivity contribution in [2.24, 2.45) is 0 Å². The molecular weight excluding hydrogens is 168 g/mol. The molecular formula is C14H19. The van der Waals surface area contributed by atoms with Crippen LogP contribution in [-0.4, -0.2) is 0 Å². The summed E-state index contributed by atoms with van der Waals surface area (Å²) < 4.78 is 0. The van der Waals surface area contributed by atoms with E-state index in [2.05, 4.69) is 45.5 Å². The summed E-state index contributed by atoms with van der Waals surface area (Å²) in [6, 6.07) is 6.71. The maximum absolute atomic E-state index is 3.80. The van der Waals surface area contributed by atoms with E-state index in [1.165, 1.54) is 22.6 Å². The Kier molecular flexibility index (Phi) is 3.94. The minimum atomic E-state index is 1.11. The van der Waals surface area contributed by atoms with Crippen molar-refractivity contribution in [1.82, 2.24) is 0 Å². The van der Waals surface area contributed by atoms with Gasteiger partial charge in [0, 0.05) is 5.92 Å². The van der Waals surface area contributed by atoms with Crippen molar-refractivity contribution in [3.05, 3.63) is 53.5 Å². The molecule has 0 saturated heterocycles. The molecule has 0 unspecified atom stereocenters. The van der Waals surface area contributed by atoms with E-state index in [1.807, 2.05) is 6.08 Å². The number of rotatable bonds is 4. The van der Waals surface area contributed by atoms with Crippen molar-refractivity contribution in [2.75, 3.05) is 0 Å². The van der Waals surface area contributed by atoms with Crippen LogP contribution in [0.25, 0.3) is 0 Å². The molecule has 1 rings (SSSR count). The Morgan fingerprint density at radius 3 is 2.36 bits per heavy atom. The van der Waals surface area contributed by atoms with Crippen molar-refractivity contribution in [1.29, 1.82) is 0 Å². The first kappa shape index (κ1) is 11.0. The molecule has 1 radical (unpaired) electrons. The van der Waals surface area contributed by atoms with Gasteiger partial charge in [-0.2, -0.15) is 0 Å². The smallest absolute Gasteiger partial charge is 0.0230 e. The monoisotopic (exact) mass is 187 g/mol. The normalized spacial score (nSPS) is 10.6. The Hall–Kier alpha value is -1.04. The molecule has 0 aromatic heterocycles. The highest BCUT2D eigenvalue weighted by Gasteiger charge is 2.04. The van der Waals surface area contributed by atoms with Gasteiger partial charge in [-0.15, -0.1) is 6.58 Å². The summed E-state index contributed by atoms with van der Waals surface area (Å²) in [4.78, 5) is 0. The zero-order valence-electron chi connectivity index (χ0n) is 9.43. The van der Waals surface area contributed by atoms with Gasteiger partial charge in [0.15, 0.2) is 0 Å². The number of benzene rings is 1. The molecule has 0 amide bonds. The SMILES string of the molecule is C=C[C](C)c1ccc(CC)c(CC)c1. The summed E-state index contributed by atoms with van der Waals surface area (Å²) in [6.07, 6.45) is 4.15. The molecule has 0 saturated carbocycles. The van der Waals surface area contributed by atoms with E-state index in [-0.39, 0.29) is 0 Å². The van der Waals surface area contributed by atoms with Crippen molar-refractivity contribution < 1.29 is 0 Å². The lowest BCUT2D eigenvalue weighted by molar-refractivity contribution is 1.03. The van der Waals surface area contributed by atoms with Crippen molar-refractivity contribution in [3.63, 3.8) is 0 Å². The Bertz CT molecular complexity index is 310. The molecule has 0 N–H and O–H groups in total. The molecule has 0 heterocycles. The predicted octanol–water partition coefficient (Wildman–Crippen LogP) is 3.94. The van der Waals surface area contributed by atoms with E-state index >= 15 is 0 Å². The second-order valence-corrected chi connectivity index (χ2v) is 3.58. The molecule has 0 bridgehead atoms. The highest BCUT2D eigenvalue weighted by Crippen LogP contribution is 2.20. The molecule has 0 atom stereocenters. The van der Waals surface area contributed by atoms with Crippen LogP contribution in [0.15, 0.2) is 30.9 Å². The van der Waals surface area contributed by atoms with Crippen molar-refractivity contribution in [3.8, 4) is 0 Å². The van der Waals surface area contributed by atoms with Gasteiger partial charge in [-0.05, 0) is 29.5 Å². The lowest BCUT2D eigenvalue weighted by atomic mass is 9.94.